The molecule has 0 unspecified atom stereocenters. The zero-order valence-corrected chi connectivity index (χ0v) is 12.5. The fourth-order valence-electron chi connectivity index (χ4n) is 2.64. The first-order valence-corrected chi connectivity index (χ1v) is 7.26. The van der Waals surface area contributed by atoms with Crippen LogP contribution in [0.1, 0.15) is 38.7 Å². The lowest BCUT2D eigenvalue weighted by atomic mass is 9.93. The number of nitrogen functional groups attached to an aromatic ring is 1. The predicted octanol–water partition coefficient (Wildman–Crippen LogP) is 2.01. The minimum atomic E-state index is -0.884. The second-order valence-corrected chi connectivity index (χ2v) is 5.94. The van der Waals surface area contributed by atoms with Crippen LogP contribution in [0.15, 0.2) is 24.3 Å². The maximum absolute atomic E-state index is 12.9. The van der Waals surface area contributed by atoms with Crippen LogP contribution in [0.2, 0.25) is 0 Å². The molecular formula is C16H22N2O3. The summed E-state index contributed by atoms with van der Waals surface area (Å²) in [6, 6.07) is 7.40. The Morgan fingerprint density at radius 1 is 1.29 bits per heavy atom. The number of aliphatic carboxylic acids is 1. The van der Waals surface area contributed by atoms with Crippen molar-refractivity contribution in [1.82, 2.24) is 4.90 Å². The lowest BCUT2D eigenvalue weighted by Gasteiger charge is -2.30. The van der Waals surface area contributed by atoms with Gasteiger partial charge in [0.25, 0.3) is 0 Å². The van der Waals surface area contributed by atoms with E-state index in [0.29, 0.717) is 5.69 Å². The van der Waals surface area contributed by atoms with Crippen LogP contribution in [0.25, 0.3) is 0 Å². The first-order valence-electron chi connectivity index (χ1n) is 7.26. The summed E-state index contributed by atoms with van der Waals surface area (Å²) < 4.78 is 0. The fourth-order valence-corrected chi connectivity index (χ4v) is 2.64. The number of carboxylic acid groups (broad SMARTS) is 1. The predicted molar refractivity (Wildman–Crippen MR) is 80.9 cm³/mol. The summed E-state index contributed by atoms with van der Waals surface area (Å²) in [6.45, 7) is 4.08. The third-order valence-electron chi connectivity index (χ3n) is 4.07. The molecule has 1 aliphatic carbocycles. The van der Waals surface area contributed by atoms with Crippen LogP contribution >= 0.6 is 0 Å². The van der Waals surface area contributed by atoms with E-state index in [1.54, 1.807) is 17.0 Å². The largest absolute Gasteiger partial charge is 0.481 e. The Bertz CT molecular complexity index is 533. The molecule has 0 spiro atoms. The van der Waals surface area contributed by atoms with Gasteiger partial charge in [0.1, 0.15) is 0 Å². The van der Waals surface area contributed by atoms with Crippen molar-refractivity contribution in [2.24, 2.45) is 0 Å². The van der Waals surface area contributed by atoms with Gasteiger partial charge in [0.05, 0.1) is 11.8 Å². The van der Waals surface area contributed by atoms with Gasteiger partial charge in [-0.25, -0.2) is 0 Å². The number of rotatable bonds is 6. The average molecular weight is 290 g/mol. The van der Waals surface area contributed by atoms with Gasteiger partial charge in [-0.2, -0.15) is 0 Å². The quantitative estimate of drug-likeness (QED) is 0.785. The van der Waals surface area contributed by atoms with Gasteiger partial charge in [-0.15, -0.1) is 0 Å². The normalized spacial score (nSPS) is 15.8. The summed E-state index contributed by atoms with van der Waals surface area (Å²) in [5, 5.41) is 8.84. The van der Waals surface area contributed by atoms with E-state index in [-0.39, 0.29) is 24.9 Å². The molecule has 0 aromatic heterocycles. The van der Waals surface area contributed by atoms with Gasteiger partial charge in [0, 0.05) is 18.3 Å². The number of benzene rings is 1. The Balaban J connectivity index is 2.19. The lowest BCUT2D eigenvalue weighted by molar-refractivity contribution is -0.140. The van der Waals surface area contributed by atoms with Crippen LogP contribution in [-0.2, 0) is 15.0 Å². The van der Waals surface area contributed by atoms with Crippen molar-refractivity contribution in [3.05, 3.63) is 29.8 Å². The Kier molecular flexibility index (Phi) is 4.21. The van der Waals surface area contributed by atoms with Crippen LogP contribution in [0.5, 0.6) is 0 Å². The molecule has 1 aromatic carbocycles. The lowest BCUT2D eigenvalue weighted by Crippen LogP contribution is -2.44. The Morgan fingerprint density at radius 3 is 2.29 bits per heavy atom. The van der Waals surface area contributed by atoms with Gasteiger partial charge in [-0.05, 0) is 44.4 Å². The monoisotopic (exact) mass is 290 g/mol. The van der Waals surface area contributed by atoms with E-state index >= 15 is 0 Å². The molecule has 1 aliphatic rings. The fraction of sp³-hybridized carbons (Fsp3) is 0.500. The SMILES string of the molecule is CC(C)N(CCC(=O)O)C(=O)C1(c2ccc(N)cc2)CC1. The Labute approximate surface area is 124 Å². The van der Waals surface area contributed by atoms with E-state index in [2.05, 4.69) is 0 Å². The van der Waals surface area contributed by atoms with Gasteiger partial charge in [0.2, 0.25) is 5.91 Å². The van der Waals surface area contributed by atoms with E-state index in [1.807, 2.05) is 26.0 Å². The van der Waals surface area contributed by atoms with Crippen LogP contribution in [-0.4, -0.2) is 34.5 Å². The molecule has 5 nitrogen and oxygen atoms in total. The number of anilines is 1. The number of carbonyl (C=O) groups excluding carboxylic acids is 1. The molecule has 0 heterocycles. The zero-order valence-electron chi connectivity index (χ0n) is 12.5. The molecule has 3 N–H and O–H groups in total. The summed E-state index contributed by atoms with van der Waals surface area (Å²) in [5.41, 5.74) is 6.87. The van der Waals surface area contributed by atoms with Crippen molar-refractivity contribution in [3.8, 4) is 0 Å². The standard InChI is InChI=1S/C16H22N2O3/c1-11(2)18(10-7-14(19)20)15(21)16(8-9-16)12-3-5-13(17)6-4-12/h3-6,11H,7-10,17H2,1-2H3,(H,19,20). The van der Waals surface area contributed by atoms with Gasteiger partial charge in [-0.3, -0.25) is 9.59 Å². The number of amides is 1. The third-order valence-corrected chi connectivity index (χ3v) is 4.07. The molecule has 0 saturated heterocycles. The van der Waals surface area contributed by atoms with Crippen LogP contribution in [0.3, 0.4) is 0 Å². The molecular weight excluding hydrogens is 268 g/mol. The zero-order chi connectivity index (χ0) is 15.6. The molecule has 1 amide bonds. The van der Waals surface area contributed by atoms with E-state index in [9.17, 15) is 9.59 Å². The van der Waals surface area contributed by atoms with Gasteiger partial charge in [-0.1, -0.05) is 12.1 Å². The van der Waals surface area contributed by atoms with Gasteiger partial charge < -0.3 is 15.7 Å². The highest BCUT2D eigenvalue weighted by molar-refractivity contribution is 5.91. The highest BCUT2D eigenvalue weighted by Gasteiger charge is 2.53. The maximum Gasteiger partial charge on any atom is 0.305 e. The van der Waals surface area contributed by atoms with Crippen molar-refractivity contribution >= 4 is 17.6 Å². The minimum absolute atomic E-state index is 0.0110. The molecule has 1 aromatic rings. The summed E-state index contributed by atoms with van der Waals surface area (Å²) in [5.74, 6) is -0.852. The van der Waals surface area contributed by atoms with E-state index < -0.39 is 11.4 Å². The van der Waals surface area contributed by atoms with Crippen molar-refractivity contribution in [3.63, 3.8) is 0 Å². The van der Waals surface area contributed by atoms with Crippen LogP contribution in [0, 0.1) is 0 Å². The van der Waals surface area contributed by atoms with Crippen molar-refractivity contribution in [2.45, 2.75) is 44.6 Å². The molecule has 21 heavy (non-hydrogen) atoms. The summed E-state index contributed by atoms with van der Waals surface area (Å²) in [6.07, 6.45) is 1.60. The Hall–Kier alpha value is -2.04. The number of nitrogens with two attached hydrogens (primary N) is 1. The highest BCUT2D eigenvalue weighted by atomic mass is 16.4. The molecule has 1 saturated carbocycles. The van der Waals surface area contributed by atoms with Crippen LogP contribution < -0.4 is 5.73 Å². The maximum atomic E-state index is 12.9. The molecule has 114 valence electrons. The summed E-state index contributed by atoms with van der Waals surface area (Å²) in [4.78, 5) is 25.3. The van der Waals surface area contributed by atoms with Crippen molar-refractivity contribution < 1.29 is 14.7 Å². The van der Waals surface area contributed by atoms with E-state index in [1.165, 1.54) is 0 Å². The molecule has 0 bridgehead atoms. The van der Waals surface area contributed by atoms with Gasteiger partial charge in [0.15, 0.2) is 0 Å². The molecule has 0 aliphatic heterocycles. The second kappa shape index (κ2) is 5.76. The molecule has 0 radical (unpaired) electrons. The molecule has 5 heteroatoms. The average Bonchev–Trinajstić information content (AvgIpc) is 3.20. The van der Waals surface area contributed by atoms with Crippen LogP contribution in [0.4, 0.5) is 5.69 Å². The Morgan fingerprint density at radius 2 is 1.86 bits per heavy atom. The number of hydrogen-bond donors (Lipinski definition) is 2. The number of carboxylic acids is 1. The van der Waals surface area contributed by atoms with Crippen molar-refractivity contribution in [2.75, 3.05) is 12.3 Å². The first kappa shape index (κ1) is 15.4. The number of carbonyl (C=O) groups is 2. The number of hydrogen-bond acceptors (Lipinski definition) is 3. The number of nitrogens with zero attached hydrogens (tertiary/aromatic N) is 1. The third kappa shape index (κ3) is 3.17. The summed E-state index contributed by atoms with van der Waals surface area (Å²) >= 11 is 0. The second-order valence-electron chi connectivity index (χ2n) is 5.94. The van der Waals surface area contributed by atoms with Gasteiger partial charge >= 0.3 is 5.97 Å². The smallest absolute Gasteiger partial charge is 0.305 e. The highest BCUT2D eigenvalue weighted by Crippen LogP contribution is 2.50. The van der Waals surface area contributed by atoms with E-state index in [0.717, 1.165) is 18.4 Å². The molecule has 2 rings (SSSR count). The minimum Gasteiger partial charge on any atom is -0.481 e. The van der Waals surface area contributed by atoms with Crippen molar-refractivity contribution in [1.29, 1.82) is 0 Å². The molecule has 1 fully saturated rings. The molecule has 0 atom stereocenters. The van der Waals surface area contributed by atoms with E-state index in [4.69, 9.17) is 10.8 Å². The summed E-state index contributed by atoms with van der Waals surface area (Å²) in [7, 11) is 0. The first-order chi connectivity index (χ1) is 9.86. The topological polar surface area (TPSA) is 83.6 Å².